The maximum atomic E-state index is 12.3. The molecule has 5 nitrogen and oxygen atoms in total. The summed E-state index contributed by atoms with van der Waals surface area (Å²) in [4.78, 5) is 22.8. The number of carboxylic acid groups (broad SMARTS) is 1. The molecule has 1 aliphatic carbocycles. The van der Waals surface area contributed by atoms with Crippen molar-refractivity contribution in [2.45, 2.75) is 38.1 Å². The van der Waals surface area contributed by atoms with Gasteiger partial charge in [-0.2, -0.15) is 0 Å². The van der Waals surface area contributed by atoms with Gasteiger partial charge in [0.05, 0.1) is 0 Å². The van der Waals surface area contributed by atoms with Gasteiger partial charge in [0.25, 0.3) is 5.91 Å². The van der Waals surface area contributed by atoms with Crippen LogP contribution in [0.3, 0.4) is 0 Å². The fraction of sp³-hybridized carbons (Fsp3) is 0.412. The number of rotatable bonds is 5. The van der Waals surface area contributed by atoms with E-state index in [9.17, 15) is 9.59 Å². The van der Waals surface area contributed by atoms with Gasteiger partial charge in [-0.1, -0.05) is 18.2 Å². The predicted octanol–water partition coefficient (Wildman–Crippen LogP) is 2.77. The quantitative estimate of drug-likeness (QED) is 0.820. The van der Waals surface area contributed by atoms with E-state index in [1.807, 2.05) is 0 Å². The molecular weight excluding hydrogens is 282 g/mol. The van der Waals surface area contributed by atoms with E-state index in [2.05, 4.69) is 17.5 Å². The zero-order valence-corrected chi connectivity index (χ0v) is 12.5. The average Bonchev–Trinajstić information content (AvgIpc) is 2.48. The molecule has 0 spiro atoms. The maximum absolute atomic E-state index is 12.3. The molecule has 0 heterocycles. The first-order chi connectivity index (χ1) is 10.6. The van der Waals surface area contributed by atoms with E-state index >= 15 is 0 Å². The Kier molecular flexibility index (Phi) is 6.01. The van der Waals surface area contributed by atoms with Crippen LogP contribution in [0.1, 0.15) is 42.5 Å². The highest BCUT2D eigenvalue weighted by molar-refractivity contribution is 5.94. The Labute approximate surface area is 130 Å². The van der Waals surface area contributed by atoms with Crippen molar-refractivity contribution in [2.24, 2.45) is 0 Å². The first-order valence-electron chi connectivity index (χ1n) is 7.55. The second kappa shape index (κ2) is 8.22. The molecule has 1 unspecified atom stereocenters. The molecule has 0 saturated carbocycles. The summed E-state index contributed by atoms with van der Waals surface area (Å²) in [6.45, 7) is -0.417. The monoisotopic (exact) mass is 303 g/mol. The van der Waals surface area contributed by atoms with Gasteiger partial charge < -0.3 is 15.2 Å². The second-order valence-corrected chi connectivity index (χ2v) is 5.36. The zero-order chi connectivity index (χ0) is 15.8. The van der Waals surface area contributed by atoms with Crippen LogP contribution < -0.4 is 10.1 Å². The molecule has 0 radical (unpaired) electrons. The molecule has 0 fully saturated rings. The molecule has 118 valence electrons. The Morgan fingerprint density at radius 3 is 2.86 bits per heavy atom. The predicted molar refractivity (Wildman–Crippen MR) is 83.1 cm³/mol. The first kappa shape index (κ1) is 16.1. The molecule has 5 heteroatoms. The minimum absolute atomic E-state index is 0.143. The third kappa shape index (κ3) is 5.24. The molecule has 0 saturated heterocycles. The van der Waals surface area contributed by atoms with Crippen LogP contribution in [0.5, 0.6) is 5.75 Å². The van der Waals surface area contributed by atoms with E-state index in [4.69, 9.17) is 9.84 Å². The molecule has 2 N–H and O–H groups in total. The van der Waals surface area contributed by atoms with Gasteiger partial charge >= 0.3 is 5.97 Å². The molecule has 1 aliphatic rings. The first-order valence-corrected chi connectivity index (χ1v) is 7.55. The summed E-state index contributed by atoms with van der Waals surface area (Å²) in [5.41, 5.74) is 0.487. The molecule has 0 aliphatic heterocycles. The standard InChI is InChI=1S/C17H21NO4/c19-16(20)12-22-15-10-6-7-13(11-15)17(21)18-14-8-4-2-1-3-5-9-14/h1-2,6-7,10-11,14H,3-5,8-9,12H2,(H,18,21)(H,19,20)/b2-1-. The number of benzene rings is 1. The topological polar surface area (TPSA) is 75.6 Å². The van der Waals surface area contributed by atoms with Crippen LogP contribution in [0.2, 0.25) is 0 Å². The van der Waals surface area contributed by atoms with Crippen LogP contribution in [0, 0.1) is 0 Å². The Bertz CT molecular complexity index is 553. The van der Waals surface area contributed by atoms with Crippen molar-refractivity contribution in [1.29, 1.82) is 0 Å². The zero-order valence-electron chi connectivity index (χ0n) is 12.5. The third-order valence-electron chi connectivity index (χ3n) is 3.57. The van der Waals surface area contributed by atoms with E-state index in [0.717, 1.165) is 32.1 Å². The molecule has 1 aromatic rings. The molecule has 1 atom stereocenters. The number of carbonyl (C=O) groups excluding carboxylic acids is 1. The molecule has 1 aromatic carbocycles. The molecular formula is C17H21NO4. The van der Waals surface area contributed by atoms with Gasteiger partial charge in [0.2, 0.25) is 0 Å². The number of carbonyl (C=O) groups is 2. The molecule has 0 aromatic heterocycles. The minimum Gasteiger partial charge on any atom is -0.482 e. The van der Waals surface area contributed by atoms with E-state index in [-0.39, 0.29) is 11.9 Å². The Morgan fingerprint density at radius 1 is 1.23 bits per heavy atom. The number of carboxylic acids is 1. The highest BCUT2D eigenvalue weighted by atomic mass is 16.5. The fourth-order valence-corrected chi connectivity index (χ4v) is 2.44. The number of ether oxygens (including phenoxy) is 1. The van der Waals surface area contributed by atoms with Crippen LogP contribution >= 0.6 is 0 Å². The van der Waals surface area contributed by atoms with Gasteiger partial charge in [0, 0.05) is 11.6 Å². The lowest BCUT2D eigenvalue weighted by Gasteiger charge is -2.19. The van der Waals surface area contributed by atoms with Crippen LogP contribution in [0.25, 0.3) is 0 Å². The number of hydrogen-bond donors (Lipinski definition) is 2. The smallest absolute Gasteiger partial charge is 0.341 e. The van der Waals surface area contributed by atoms with Crippen molar-refractivity contribution in [1.82, 2.24) is 5.32 Å². The Morgan fingerprint density at radius 2 is 2.05 bits per heavy atom. The lowest BCUT2D eigenvalue weighted by Crippen LogP contribution is -2.35. The SMILES string of the molecule is O=C(O)COc1cccc(C(=O)NC2CC/C=C\CCC2)c1. The highest BCUT2D eigenvalue weighted by Crippen LogP contribution is 2.16. The highest BCUT2D eigenvalue weighted by Gasteiger charge is 2.14. The molecule has 2 rings (SSSR count). The summed E-state index contributed by atoms with van der Waals surface area (Å²) < 4.78 is 5.10. The summed E-state index contributed by atoms with van der Waals surface area (Å²) in [6, 6.07) is 6.78. The number of aliphatic carboxylic acids is 1. The van der Waals surface area contributed by atoms with Gasteiger partial charge in [-0.3, -0.25) is 4.79 Å². The number of allylic oxidation sites excluding steroid dienone is 2. The number of amides is 1. The van der Waals surface area contributed by atoms with Crippen molar-refractivity contribution in [3.05, 3.63) is 42.0 Å². The molecule has 0 bridgehead atoms. The van der Waals surface area contributed by atoms with E-state index < -0.39 is 12.6 Å². The third-order valence-corrected chi connectivity index (χ3v) is 3.57. The van der Waals surface area contributed by atoms with Crippen molar-refractivity contribution in [2.75, 3.05) is 6.61 Å². The number of hydrogen-bond acceptors (Lipinski definition) is 3. The second-order valence-electron chi connectivity index (χ2n) is 5.36. The van der Waals surface area contributed by atoms with Crippen molar-refractivity contribution in [3.63, 3.8) is 0 Å². The summed E-state index contributed by atoms with van der Waals surface area (Å²) in [5.74, 6) is -0.802. The van der Waals surface area contributed by atoms with Crippen LogP contribution in [-0.4, -0.2) is 29.6 Å². The summed E-state index contributed by atoms with van der Waals surface area (Å²) >= 11 is 0. The molecule has 1 amide bonds. The van der Waals surface area contributed by atoms with Gasteiger partial charge in [0.15, 0.2) is 6.61 Å². The van der Waals surface area contributed by atoms with Gasteiger partial charge in [-0.05, 0) is 50.3 Å². The van der Waals surface area contributed by atoms with E-state index in [1.165, 1.54) is 0 Å². The summed E-state index contributed by atoms with van der Waals surface area (Å²) in [7, 11) is 0. The lowest BCUT2D eigenvalue weighted by molar-refractivity contribution is -0.139. The number of nitrogens with one attached hydrogen (secondary N) is 1. The summed E-state index contributed by atoms with van der Waals surface area (Å²) in [5, 5.41) is 11.7. The maximum Gasteiger partial charge on any atom is 0.341 e. The lowest BCUT2D eigenvalue weighted by atomic mass is 10.0. The normalized spacial score (nSPS) is 19.5. The Balaban J connectivity index is 1.95. The van der Waals surface area contributed by atoms with Crippen molar-refractivity contribution in [3.8, 4) is 5.75 Å². The molecule has 22 heavy (non-hydrogen) atoms. The van der Waals surface area contributed by atoms with E-state index in [1.54, 1.807) is 24.3 Å². The fourth-order valence-electron chi connectivity index (χ4n) is 2.44. The van der Waals surface area contributed by atoms with Crippen LogP contribution in [0.15, 0.2) is 36.4 Å². The van der Waals surface area contributed by atoms with Crippen LogP contribution in [-0.2, 0) is 4.79 Å². The van der Waals surface area contributed by atoms with Crippen LogP contribution in [0.4, 0.5) is 0 Å². The summed E-state index contributed by atoms with van der Waals surface area (Å²) in [6.07, 6.45) is 9.39. The van der Waals surface area contributed by atoms with Crippen molar-refractivity contribution >= 4 is 11.9 Å². The minimum atomic E-state index is -1.04. The van der Waals surface area contributed by atoms with Gasteiger partial charge in [-0.25, -0.2) is 4.79 Å². The van der Waals surface area contributed by atoms with Gasteiger partial charge in [0.1, 0.15) is 5.75 Å². The Hall–Kier alpha value is -2.30. The van der Waals surface area contributed by atoms with Gasteiger partial charge in [-0.15, -0.1) is 0 Å². The van der Waals surface area contributed by atoms with E-state index in [0.29, 0.717) is 11.3 Å². The average molecular weight is 303 g/mol. The largest absolute Gasteiger partial charge is 0.482 e. The van der Waals surface area contributed by atoms with Crippen molar-refractivity contribution < 1.29 is 19.4 Å².